The van der Waals surface area contributed by atoms with Gasteiger partial charge in [0.1, 0.15) is 5.75 Å². The maximum absolute atomic E-state index is 11.7. The van der Waals surface area contributed by atoms with Crippen molar-refractivity contribution in [3.05, 3.63) is 65.7 Å². The summed E-state index contributed by atoms with van der Waals surface area (Å²) >= 11 is 0. The normalized spacial score (nSPS) is 10.4. The summed E-state index contributed by atoms with van der Waals surface area (Å²) in [6, 6.07) is 16.8. The van der Waals surface area contributed by atoms with Crippen LogP contribution in [0.15, 0.2) is 59.7 Å². The predicted molar refractivity (Wildman–Crippen MR) is 94.5 cm³/mol. The molecule has 130 valence electrons. The molecule has 0 aliphatic rings. The van der Waals surface area contributed by atoms with Crippen LogP contribution < -0.4 is 10.2 Å². The van der Waals surface area contributed by atoms with Gasteiger partial charge in [-0.15, -0.1) is 0 Å². The van der Waals surface area contributed by atoms with Gasteiger partial charge in [-0.25, -0.2) is 10.2 Å². The van der Waals surface area contributed by atoms with E-state index in [1.165, 1.54) is 7.11 Å². The lowest BCUT2D eigenvalue weighted by Gasteiger charge is -2.04. The highest BCUT2D eigenvalue weighted by Gasteiger charge is 2.02. The summed E-state index contributed by atoms with van der Waals surface area (Å²) in [5.41, 5.74) is 4.42. The molecule has 0 aromatic heterocycles. The fourth-order valence-electron chi connectivity index (χ4n) is 1.99. The molecule has 0 saturated carbocycles. The van der Waals surface area contributed by atoms with Crippen molar-refractivity contribution in [2.75, 3.05) is 13.7 Å². The van der Waals surface area contributed by atoms with Gasteiger partial charge in [0.05, 0.1) is 13.3 Å². The zero-order valence-corrected chi connectivity index (χ0v) is 14.0. The van der Waals surface area contributed by atoms with Crippen LogP contribution in [0.3, 0.4) is 0 Å². The van der Waals surface area contributed by atoms with Crippen molar-refractivity contribution in [1.29, 1.82) is 0 Å². The summed E-state index contributed by atoms with van der Waals surface area (Å²) in [6.07, 6.45) is 2.60. The minimum Gasteiger partial charge on any atom is -0.482 e. The van der Waals surface area contributed by atoms with Gasteiger partial charge in [-0.3, -0.25) is 4.79 Å². The van der Waals surface area contributed by atoms with Crippen molar-refractivity contribution in [3.8, 4) is 5.75 Å². The van der Waals surface area contributed by atoms with Crippen LogP contribution in [0, 0.1) is 0 Å². The second-order valence-electron chi connectivity index (χ2n) is 5.21. The second kappa shape index (κ2) is 9.87. The van der Waals surface area contributed by atoms with Crippen LogP contribution in [-0.4, -0.2) is 31.8 Å². The topological polar surface area (TPSA) is 77.0 Å². The molecule has 25 heavy (non-hydrogen) atoms. The summed E-state index contributed by atoms with van der Waals surface area (Å²) in [5, 5.41) is 3.93. The minimum absolute atomic E-state index is 0.137. The molecule has 0 unspecified atom stereocenters. The highest BCUT2D eigenvalue weighted by atomic mass is 16.6. The molecular formula is C19H20N2O4. The lowest BCUT2D eigenvalue weighted by atomic mass is 10.1. The molecule has 6 nitrogen and oxygen atoms in total. The van der Waals surface area contributed by atoms with Crippen molar-refractivity contribution in [3.63, 3.8) is 0 Å². The number of hydrazone groups is 1. The van der Waals surface area contributed by atoms with Gasteiger partial charge in [0.2, 0.25) is 5.91 Å². The molecule has 0 bridgehead atoms. The summed E-state index contributed by atoms with van der Waals surface area (Å²) in [4.78, 5) is 22.7. The van der Waals surface area contributed by atoms with E-state index in [2.05, 4.69) is 15.3 Å². The fourth-order valence-corrected chi connectivity index (χ4v) is 1.99. The van der Waals surface area contributed by atoms with Crippen LogP contribution in [0.2, 0.25) is 0 Å². The lowest BCUT2D eigenvalue weighted by molar-refractivity contribution is -0.142. The number of ether oxygens (including phenoxy) is 2. The average molecular weight is 340 g/mol. The third kappa shape index (κ3) is 6.87. The molecule has 0 saturated heterocycles. The van der Waals surface area contributed by atoms with Crippen molar-refractivity contribution in [2.45, 2.75) is 12.8 Å². The first-order valence-electron chi connectivity index (χ1n) is 7.83. The van der Waals surface area contributed by atoms with Crippen LogP contribution in [0.4, 0.5) is 0 Å². The number of carbonyl (C=O) groups is 2. The number of nitrogens with one attached hydrogen (secondary N) is 1. The lowest BCUT2D eigenvalue weighted by Crippen LogP contribution is -2.17. The molecule has 2 rings (SSSR count). The first-order chi connectivity index (χ1) is 12.2. The molecule has 0 spiro atoms. The predicted octanol–water partition coefficient (Wildman–Crippen LogP) is 2.32. The van der Waals surface area contributed by atoms with E-state index in [0.717, 1.165) is 11.1 Å². The Hall–Kier alpha value is -3.15. The highest BCUT2D eigenvalue weighted by molar-refractivity contribution is 5.82. The summed E-state index contributed by atoms with van der Waals surface area (Å²) in [6.45, 7) is -0.137. The van der Waals surface area contributed by atoms with Crippen LogP contribution in [0.5, 0.6) is 5.75 Å². The number of methoxy groups -OCH3 is 1. The average Bonchev–Trinajstić information content (AvgIpc) is 2.66. The molecule has 2 aromatic carbocycles. The molecule has 0 aliphatic heterocycles. The van der Waals surface area contributed by atoms with Crippen LogP contribution in [0.25, 0.3) is 0 Å². The number of hydrogen-bond donors (Lipinski definition) is 1. The number of nitrogens with zero attached hydrogens (tertiary/aromatic N) is 1. The van der Waals surface area contributed by atoms with Gasteiger partial charge in [-0.1, -0.05) is 30.3 Å². The van der Waals surface area contributed by atoms with E-state index in [0.29, 0.717) is 18.6 Å². The maximum Gasteiger partial charge on any atom is 0.343 e. The van der Waals surface area contributed by atoms with Crippen LogP contribution in [0.1, 0.15) is 17.5 Å². The molecular weight excluding hydrogens is 320 g/mol. The van der Waals surface area contributed by atoms with E-state index in [-0.39, 0.29) is 12.5 Å². The molecule has 0 fully saturated rings. The molecule has 0 heterocycles. The number of aryl methyl sites for hydroxylation is 1. The molecule has 6 heteroatoms. The zero-order chi connectivity index (χ0) is 17.9. The molecule has 2 aromatic rings. The maximum atomic E-state index is 11.7. The smallest absolute Gasteiger partial charge is 0.343 e. The van der Waals surface area contributed by atoms with E-state index in [4.69, 9.17) is 4.74 Å². The third-order valence-corrected chi connectivity index (χ3v) is 3.35. The van der Waals surface area contributed by atoms with Crippen molar-refractivity contribution in [2.24, 2.45) is 5.10 Å². The minimum atomic E-state index is -0.441. The standard InChI is InChI=1S/C19H20N2O4/c1-24-19(23)14-25-17-10-7-16(8-11-17)13-20-21-18(22)12-9-15-5-3-2-4-6-15/h2-8,10-11,13H,9,12,14H2,1H3,(H,21,22)/b20-13+. The van der Waals surface area contributed by atoms with Crippen molar-refractivity contribution < 1.29 is 19.1 Å². The largest absolute Gasteiger partial charge is 0.482 e. The van der Waals surface area contributed by atoms with Gasteiger partial charge in [0.15, 0.2) is 6.61 Å². The Morgan fingerprint density at radius 3 is 2.48 bits per heavy atom. The summed E-state index contributed by atoms with van der Waals surface area (Å²) < 4.78 is 9.74. The Labute approximate surface area is 146 Å². The van der Waals surface area contributed by atoms with Gasteiger partial charge in [0.25, 0.3) is 0 Å². The zero-order valence-electron chi connectivity index (χ0n) is 14.0. The van der Waals surface area contributed by atoms with E-state index in [1.807, 2.05) is 30.3 Å². The Morgan fingerprint density at radius 2 is 1.80 bits per heavy atom. The number of rotatable bonds is 8. The first kappa shape index (κ1) is 18.2. The molecule has 1 amide bonds. The first-order valence-corrected chi connectivity index (χ1v) is 7.83. The van der Waals surface area contributed by atoms with E-state index in [9.17, 15) is 9.59 Å². The highest BCUT2D eigenvalue weighted by Crippen LogP contribution is 2.11. The number of amides is 1. The van der Waals surface area contributed by atoms with Crippen molar-refractivity contribution in [1.82, 2.24) is 5.43 Å². The van der Waals surface area contributed by atoms with Gasteiger partial charge >= 0.3 is 5.97 Å². The number of hydrogen-bond acceptors (Lipinski definition) is 5. The Bertz CT molecular complexity index is 712. The molecule has 1 N–H and O–H groups in total. The number of esters is 1. The molecule has 0 atom stereocenters. The van der Waals surface area contributed by atoms with Gasteiger partial charge in [-0.2, -0.15) is 5.10 Å². The third-order valence-electron chi connectivity index (χ3n) is 3.35. The Kier molecular flexibility index (Phi) is 7.18. The van der Waals surface area contributed by atoms with Gasteiger partial charge in [0, 0.05) is 6.42 Å². The van der Waals surface area contributed by atoms with E-state index < -0.39 is 5.97 Å². The SMILES string of the molecule is COC(=O)COc1ccc(/C=N/NC(=O)CCc2ccccc2)cc1. The molecule has 0 aliphatic carbocycles. The quantitative estimate of drug-likeness (QED) is 0.454. The Balaban J connectivity index is 1.73. The van der Waals surface area contributed by atoms with E-state index >= 15 is 0 Å². The second-order valence-corrected chi connectivity index (χ2v) is 5.21. The van der Waals surface area contributed by atoms with Gasteiger partial charge in [-0.05, 0) is 41.8 Å². The van der Waals surface area contributed by atoms with Gasteiger partial charge < -0.3 is 9.47 Å². The van der Waals surface area contributed by atoms with E-state index in [1.54, 1.807) is 30.5 Å². The van der Waals surface area contributed by atoms with Crippen LogP contribution >= 0.6 is 0 Å². The van der Waals surface area contributed by atoms with Crippen molar-refractivity contribution >= 4 is 18.1 Å². The van der Waals surface area contributed by atoms with Crippen LogP contribution in [-0.2, 0) is 20.7 Å². The number of benzene rings is 2. The monoisotopic (exact) mass is 340 g/mol. The molecule has 0 radical (unpaired) electrons. The Morgan fingerprint density at radius 1 is 1.08 bits per heavy atom. The number of carbonyl (C=O) groups excluding carboxylic acids is 2. The summed E-state index contributed by atoms with van der Waals surface area (Å²) in [7, 11) is 1.30. The fraction of sp³-hybridized carbons (Fsp3) is 0.211. The summed E-state index contributed by atoms with van der Waals surface area (Å²) in [5.74, 6) is -0.0311.